The van der Waals surface area contributed by atoms with Crippen molar-refractivity contribution in [1.29, 1.82) is 0 Å². The van der Waals surface area contributed by atoms with Crippen LogP contribution in [0.1, 0.15) is 0 Å². The molecule has 0 aliphatic carbocycles. The number of hydrogen-bond donors (Lipinski definition) is 2. The van der Waals surface area contributed by atoms with Crippen molar-refractivity contribution < 1.29 is 0 Å². The van der Waals surface area contributed by atoms with Gasteiger partial charge in [-0.05, 0) is 36.4 Å². The number of hydrogen-bond acceptors (Lipinski definition) is 4. The molecule has 1 aromatic heterocycles. The van der Waals surface area contributed by atoms with E-state index in [1.807, 2.05) is 24.3 Å². The quantitative estimate of drug-likeness (QED) is 0.660. The Bertz CT molecular complexity index is 734. The van der Waals surface area contributed by atoms with Gasteiger partial charge in [-0.3, -0.25) is 0 Å². The Morgan fingerprint density at radius 1 is 1.05 bits per heavy atom. The topological polar surface area (TPSA) is 50.9 Å². The van der Waals surface area contributed by atoms with E-state index >= 15 is 0 Å². The van der Waals surface area contributed by atoms with Crippen molar-refractivity contribution in [2.24, 2.45) is 0 Å². The standard InChI is InChI=1S/C13H9Cl2N3S/c14-7-1-2-11-12(5-7)19-13(18-11)17-10-4-8(15)3-9(16)6-10/h1-6H,16H2,(H,17,18). The number of nitrogens with zero attached hydrogens (tertiary/aromatic N) is 1. The van der Waals surface area contributed by atoms with Crippen molar-refractivity contribution >= 4 is 61.3 Å². The molecule has 96 valence electrons. The van der Waals surface area contributed by atoms with Crippen LogP contribution < -0.4 is 11.1 Å². The number of aromatic nitrogens is 1. The summed E-state index contributed by atoms with van der Waals surface area (Å²) in [7, 11) is 0. The van der Waals surface area contributed by atoms with Crippen LogP contribution in [0, 0.1) is 0 Å². The van der Waals surface area contributed by atoms with Crippen LogP contribution in [0.3, 0.4) is 0 Å². The van der Waals surface area contributed by atoms with Crippen LogP contribution >= 0.6 is 34.5 Å². The first kappa shape index (κ1) is 12.5. The van der Waals surface area contributed by atoms with E-state index in [-0.39, 0.29) is 0 Å². The van der Waals surface area contributed by atoms with Crippen molar-refractivity contribution in [3.8, 4) is 0 Å². The van der Waals surface area contributed by atoms with Gasteiger partial charge in [0.2, 0.25) is 0 Å². The summed E-state index contributed by atoms with van der Waals surface area (Å²) in [6.45, 7) is 0. The lowest BCUT2D eigenvalue weighted by Crippen LogP contribution is -1.91. The van der Waals surface area contributed by atoms with Crippen LogP contribution in [-0.2, 0) is 0 Å². The first-order chi connectivity index (χ1) is 9.10. The van der Waals surface area contributed by atoms with Crippen molar-refractivity contribution in [2.45, 2.75) is 0 Å². The predicted molar refractivity (Wildman–Crippen MR) is 83.8 cm³/mol. The summed E-state index contributed by atoms with van der Waals surface area (Å²) in [5.74, 6) is 0. The van der Waals surface area contributed by atoms with E-state index in [0.29, 0.717) is 15.7 Å². The molecule has 0 bridgehead atoms. The first-order valence-electron chi connectivity index (χ1n) is 5.49. The number of nitrogens with one attached hydrogen (secondary N) is 1. The summed E-state index contributed by atoms with van der Waals surface area (Å²) in [6, 6.07) is 10.9. The zero-order valence-electron chi connectivity index (χ0n) is 9.65. The van der Waals surface area contributed by atoms with E-state index in [9.17, 15) is 0 Å². The highest BCUT2D eigenvalue weighted by Gasteiger charge is 2.05. The fourth-order valence-electron chi connectivity index (χ4n) is 1.76. The highest BCUT2D eigenvalue weighted by atomic mass is 35.5. The molecule has 3 N–H and O–H groups in total. The number of nitrogens with two attached hydrogens (primary N) is 1. The highest BCUT2D eigenvalue weighted by Crippen LogP contribution is 2.31. The van der Waals surface area contributed by atoms with Gasteiger partial charge in [-0.2, -0.15) is 0 Å². The van der Waals surface area contributed by atoms with Crippen LogP contribution in [0.15, 0.2) is 36.4 Å². The van der Waals surface area contributed by atoms with E-state index in [4.69, 9.17) is 28.9 Å². The Labute approximate surface area is 124 Å². The molecular weight excluding hydrogens is 301 g/mol. The molecule has 3 aromatic rings. The minimum Gasteiger partial charge on any atom is -0.399 e. The molecule has 0 unspecified atom stereocenters. The van der Waals surface area contributed by atoms with E-state index in [1.165, 1.54) is 11.3 Å². The molecule has 0 fully saturated rings. The fourth-order valence-corrected chi connectivity index (χ4v) is 3.17. The lowest BCUT2D eigenvalue weighted by Gasteiger charge is -2.04. The molecule has 0 atom stereocenters. The number of benzene rings is 2. The average Bonchev–Trinajstić information content (AvgIpc) is 2.68. The monoisotopic (exact) mass is 309 g/mol. The van der Waals surface area contributed by atoms with Gasteiger partial charge in [-0.25, -0.2) is 4.98 Å². The minimum atomic E-state index is 0.589. The third kappa shape index (κ3) is 2.76. The molecule has 3 nitrogen and oxygen atoms in total. The summed E-state index contributed by atoms with van der Waals surface area (Å²) < 4.78 is 1.03. The van der Waals surface area contributed by atoms with Crippen LogP contribution in [0.25, 0.3) is 10.2 Å². The molecule has 0 saturated carbocycles. The number of halogens is 2. The third-order valence-corrected chi connectivity index (χ3v) is 3.91. The summed E-state index contributed by atoms with van der Waals surface area (Å²) >= 11 is 13.4. The SMILES string of the molecule is Nc1cc(Cl)cc(Nc2nc3ccc(Cl)cc3s2)c1. The average molecular weight is 310 g/mol. The maximum Gasteiger partial charge on any atom is 0.188 e. The van der Waals surface area contributed by atoms with Crippen LogP contribution in [0.2, 0.25) is 10.0 Å². The van der Waals surface area contributed by atoms with Gasteiger partial charge in [0.05, 0.1) is 10.2 Å². The molecule has 0 aliphatic rings. The summed E-state index contributed by atoms with van der Waals surface area (Å²) in [5, 5.41) is 5.26. The van der Waals surface area contributed by atoms with E-state index in [0.717, 1.165) is 21.0 Å². The van der Waals surface area contributed by atoms with Crippen LogP contribution in [0.4, 0.5) is 16.5 Å². The number of thiazole rings is 1. The second kappa shape index (κ2) is 4.89. The van der Waals surface area contributed by atoms with Crippen LogP contribution in [0.5, 0.6) is 0 Å². The van der Waals surface area contributed by atoms with Gasteiger partial charge in [0.1, 0.15) is 0 Å². The normalized spacial score (nSPS) is 10.8. The Morgan fingerprint density at radius 2 is 1.89 bits per heavy atom. The Balaban J connectivity index is 1.96. The van der Waals surface area contributed by atoms with Gasteiger partial charge in [0, 0.05) is 21.4 Å². The van der Waals surface area contributed by atoms with Crippen molar-refractivity contribution in [2.75, 3.05) is 11.1 Å². The second-order valence-electron chi connectivity index (χ2n) is 4.03. The second-order valence-corrected chi connectivity index (χ2v) is 5.93. The summed E-state index contributed by atoms with van der Waals surface area (Å²) in [5.41, 5.74) is 8.08. The van der Waals surface area contributed by atoms with Crippen molar-refractivity contribution in [1.82, 2.24) is 4.98 Å². The lowest BCUT2D eigenvalue weighted by molar-refractivity contribution is 1.44. The van der Waals surface area contributed by atoms with Gasteiger partial charge < -0.3 is 11.1 Å². The summed E-state index contributed by atoms with van der Waals surface area (Å²) in [6.07, 6.45) is 0. The molecule has 3 rings (SSSR count). The molecule has 1 heterocycles. The smallest absolute Gasteiger partial charge is 0.188 e. The Hall–Kier alpha value is -1.49. The predicted octanol–water partition coefficient (Wildman–Crippen LogP) is 4.93. The highest BCUT2D eigenvalue weighted by molar-refractivity contribution is 7.22. The molecule has 0 saturated heterocycles. The van der Waals surface area contributed by atoms with Gasteiger partial charge in [0.15, 0.2) is 5.13 Å². The maximum atomic E-state index is 5.96. The number of fused-ring (bicyclic) bond motifs is 1. The molecule has 0 spiro atoms. The van der Waals surface area contributed by atoms with Gasteiger partial charge in [-0.15, -0.1) is 0 Å². The van der Waals surface area contributed by atoms with Gasteiger partial charge in [-0.1, -0.05) is 34.5 Å². The zero-order chi connectivity index (χ0) is 13.4. The van der Waals surface area contributed by atoms with E-state index in [1.54, 1.807) is 12.1 Å². The minimum absolute atomic E-state index is 0.589. The van der Waals surface area contributed by atoms with Gasteiger partial charge in [0.25, 0.3) is 0 Å². The summed E-state index contributed by atoms with van der Waals surface area (Å²) in [4.78, 5) is 4.47. The molecule has 0 amide bonds. The molecule has 0 radical (unpaired) electrons. The van der Waals surface area contributed by atoms with Crippen molar-refractivity contribution in [3.05, 3.63) is 46.4 Å². The third-order valence-electron chi connectivity index (χ3n) is 2.52. The van der Waals surface area contributed by atoms with E-state index < -0.39 is 0 Å². The van der Waals surface area contributed by atoms with E-state index in [2.05, 4.69) is 10.3 Å². The number of anilines is 3. The Morgan fingerprint density at radius 3 is 2.68 bits per heavy atom. The fraction of sp³-hybridized carbons (Fsp3) is 0. The Kier molecular flexibility index (Phi) is 3.22. The van der Waals surface area contributed by atoms with Crippen molar-refractivity contribution in [3.63, 3.8) is 0 Å². The first-order valence-corrected chi connectivity index (χ1v) is 7.06. The largest absolute Gasteiger partial charge is 0.399 e. The molecule has 0 aliphatic heterocycles. The molecular formula is C13H9Cl2N3S. The lowest BCUT2D eigenvalue weighted by atomic mass is 10.3. The maximum absolute atomic E-state index is 5.96. The van der Waals surface area contributed by atoms with Gasteiger partial charge >= 0.3 is 0 Å². The zero-order valence-corrected chi connectivity index (χ0v) is 12.0. The molecule has 2 aromatic carbocycles. The number of rotatable bonds is 2. The number of nitrogen functional groups attached to an aromatic ring is 1. The molecule has 19 heavy (non-hydrogen) atoms. The molecule has 6 heteroatoms. The van der Waals surface area contributed by atoms with Crippen LogP contribution in [-0.4, -0.2) is 4.98 Å².